The molecule has 2 N–H and O–H groups in total. The molecule has 0 spiro atoms. The summed E-state index contributed by atoms with van der Waals surface area (Å²) in [4.78, 5) is 4.26. The normalized spacial score (nSPS) is 16.8. The van der Waals surface area contributed by atoms with Gasteiger partial charge in [0, 0.05) is 5.92 Å². The van der Waals surface area contributed by atoms with Crippen molar-refractivity contribution in [2.24, 2.45) is 5.73 Å². The lowest BCUT2D eigenvalue weighted by Crippen LogP contribution is -2.14. The summed E-state index contributed by atoms with van der Waals surface area (Å²) >= 11 is 3.10. The van der Waals surface area contributed by atoms with Crippen LogP contribution in [0.4, 0.5) is 4.39 Å². The van der Waals surface area contributed by atoms with Gasteiger partial charge in [-0.25, -0.2) is 4.39 Å². The van der Waals surface area contributed by atoms with Gasteiger partial charge in [0.2, 0.25) is 5.89 Å². The van der Waals surface area contributed by atoms with E-state index < -0.39 is 6.04 Å². The molecule has 1 aliphatic rings. The quantitative estimate of drug-likeness (QED) is 0.946. The second-order valence-electron chi connectivity index (χ2n) is 4.42. The van der Waals surface area contributed by atoms with Gasteiger partial charge < -0.3 is 10.3 Å². The predicted octanol–water partition coefficient (Wildman–Crippen LogP) is 2.90. The lowest BCUT2D eigenvalue weighted by Gasteiger charge is -2.07. The topological polar surface area (TPSA) is 64.9 Å². The van der Waals surface area contributed by atoms with Gasteiger partial charge in [-0.2, -0.15) is 4.98 Å². The fraction of sp³-hybridized carbons (Fsp3) is 0.333. The van der Waals surface area contributed by atoms with Crippen molar-refractivity contribution in [2.45, 2.75) is 24.8 Å². The van der Waals surface area contributed by atoms with Crippen molar-refractivity contribution < 1.29 is 8.91 Å². The van der Waals surface area contributed by atoms with E-state index in [1.807, 2.05) is 0 Å². The lowest BCUT2D eigenvalue weighted by molar-refractivity contribution is 0.372. The van der Waals surface area contributed by atoms with Crippen LogP contribution in [0.3, 0.4) is 0 Å². The van der Waals surface area contributed by atoms with Crippen molar-refractivity contribution in [2.75, 3.05) is 0 Å². The average molecular weight is 312 g/mol. The van der Waals surface area contributed by atoms with Crippen LogP contribution in [0, 0.1) is 5.82 Å². The Kier molecular flexibility index (Phi) is 2.91. The molecule has 0 aliphatic heterocycles. The summed E-state index contributed by atoms with van der Waals surface area (Å²) in [6, 6.07) is 4.17. The zero-order valence-electron chi connectivity index (χ0n) is 9.44. The number of aromatic nitrogens is 2. The summed E-state index contributed by atoms with van der Waals surface area (Å²) in [6.45, 7) is 0. The lowest BCUT2D eigenvalue weighted by atomic mass is 10.1. The third-order valence-electron chi connectivity index (χ3n) is 2.96. The van der Waals surface area contributed by atoms with Crippen LogP contribution in [0.1, 0.15) is 42.1 Å². The fourth-order valence-corrected chi connectivity index (χ4v) is 1.97. The first kappa shape index (κ1) is 11.8. The largest absolute Gasteiger partial charge is 0.339 e. The van der Waals surface area contributed by atoms with E-state index in [-0.39, 0.29) is 5.82 Å². The molecule has 0 saturated heterocycles. The van der Waals surface area contributed by atoms with Crippen LogP contribution in [0.5, 0.6) is 0 Å². The highest BCUT2D eigenvalue weighted by molar-refractivity contribution is 9.10. The SMILES string of the molecule is NC(c1ccc(Br)c(F)c1)c1noc(C2CC2)n1. The Hall–Kier alpha value is -1.27. The van der Waals surface area contributed by atoms with E-state index in [2.05, 4.69) is 26.1 Å². The molecule has 4 nitrogen and oxygen atoms in total. The molecule has 1 saturated carbocycles. The number of halogens is 2. The smallest absolute Gasteiger partial charge is 0.229 e. The zero-order valence-corrected chi connectivity index (χ0v) is 11.0. The fourth-order valence-electron chi connectivity index (χ4n) is 1.72. The van der Waals surface area contributed by atoms with Gasteiger partial charge in [0.15, 0.2) is 5.82 Å². The maximum absolute atomic E-state index is 13.4. The van der Waals surface area contributed by atoms with Gasteiger partial charge in [-0.05, 0) is 46.5 Å². The molecular formula is C12H11BrFN3O. The molecule has 1 atom stereocenters. The van der Waals surface area contributed by atoms with Crippen LogP contribution in [-0.2, 0) is 0 Å². The summed E-state index contributed by atoms with van der Waals surface area (Å²) in [5.74, 6) is 1.07. The zero-order chi connectivity index (χ0) is 12.7. The number of hydrogen-bond acceptors (Lipinski definition) is 4. The van der Waals surface area contributed by atoms with Crippen LogP contribution in [-0.4, -0.2) is 10.1 Å². The molecule has 0 radical (unpaired) electrons. The van der Waals surface area contributed by atoms with Crippen molar-refractivity contribution in [3.63, 3.8) is 0 Å². The second kappa shape index (κ2) is 4.44. The number of rotatable bonds is 3. The van der Waals surface area contributed by atoms with Crippen molar-refractivity contribution in [1.29, 1.82) is 0 Å². The Labute approximate surface area is 112 Å². The minimum absolute atomic E-state index is 0.353. The average Bonchev–Trinajstić information content (AvgIpc) is 3.10. The molecule has 1 aliphatic carbocycles. The van der Waals surface area contributed by atoms with E-state index in [1.165, 1.54) is 6.07 Å². The Bertz CT molecular complexity index is 582. The van der Waals surface area contributed by atoms with Crippen molar-refractivity contribution >= 4 is 15.9 Å². The molecule has 1 aromatic heterocycles. The predicted molar refractivity (Wildman–Crippen MR) is 66.4 cm³/mol. The highest BCUT2D eigenvalue weighted by Crippen LogP contribution is 2.39. The van der Waals surface area contributed by atoms with Crippen LogP contribution in [0.15, 0.2) is 27.2 Å². The Balaban J connectivity index is 1.87. The first-order valence-electron chi connectivity index (χ1n) is 5.69. The summed E-state index contributed by atoms with van der Waals surface area (Å²) in [6.07, 6.45) is 2.17. The van der Waals surface area contributed by atoms with Crippen LogP contribution in [0.25, 0.3) is 0 Å². The molecule has 6 heteroatoms. The number of nitrogens with two attached hydrogens (primary N) is 1. The highest BCUT2D eigenvalue weighted by Gasteiger charge is 2.30. The maximum atomic E-state index is 13.4. The molecule has 1 heterocycles. The van der Waals surface area contributed by atoms with E-state index in [0.29, 0.717) is 27.7 Å². The molecule has 3 rings (SSSR count). The van der Waals surface area contributed by atoms with E-state index in [9.17, 15) is 4.39 Å². The standard InChI is InChI=1S/C12H11BrFN3O/c13-8-4-3-7(5-9(8)14)10(15)11-16-12(18-17-11)6-1-2-6/h3-6,10H,1-2,15H2. The van der Waals surface area contributed by atoms with E-state index in [1.54, 1.807) is 12.1 Å². The van der Waals surface area contributed by atoms with Gasteiger partial charge in [-0.3, -0.25) is 0 Å². The van der Waals surface area contributed by atoms with Gasteiger partial charge in [-0.15, -0.1) is 0 Å². The summed E-state index contributed by atoms with van der Waals surface area (Å²) in [5, 5.41) is 3.86. The van der Waals surface area contributed by atoms with Crippen LogP contribution >= 0.6 is 15.9 Å². The van der Waals surface area contributed by atoms with Gasteiger partial charge >= 0.3 is 0 Å². The monoisotopic (exact) mass is 311 g/mol. The van der Waals surface area contributed by atoms with Crippen molar-refractivity contribution in [3.05, 3.63) is 45.8 Å². The minimum atomic E-state index is -0.566. The third kappa shape index (κ3) is 2.18. The summed E-state index contributed by atoms with van der Waals surface area (Å²) in [7, 11) is 0. The van der Waals surface area contributed by atoms with Gasteiger partial charge in [0.1, 0.15) is 5.82 Å². The van der Waals surface area contributed by atoms with E-state index >= 15 is 0 Å². The molecule has 0 bridgehead atoms. The van der Waals surface area contributed by atoms with Crippen molar-refractivity contribution in [1.82, 2.24) is 10.1 Å². The van der Waals surface area contributed by atoms with E-state index in [0.717, 1.165) is 12.8 Å². The van der Waals surface area contributed by atoms with Crippen LogP contribution in [0.2, 0.25) is 0 Å². The van der Waals surface area contributed by atoms with Crippen molar-refractivity contribution in [3.8, 4) is 0 Å². The number of benzene rings is 1. The maximum Gasteiger partial charge on any atom is 0.229 e. The molecule has 18 heavy (non-hydrogen) atoms. The summed E-state index contributed by atoms with van der Waals surface area (Å²) < 4.78 is 19.0. The molecule has 2 aromatic rings. The molecule has 1 fully saturated rings. The number of nitrogens with zero attached hydrogens (tertiary/aromatic N) is 2. The van der Waals surface area contributed by atoms with Gasteiger partial charge in [0.25, 0.3) is 0 Å². The third-order valence-corrected chi connectivity index (χ3v) is 3.61. The molecular weight excluding hydrogens is 301 g/mol. The number of hydrogen-bond donors (Lipinski definition) is 1. The first-order valence-corrected chi connectivity index (χ1v) is 6.48. The second-order valence-corrected chi connectivity index (χ2v) is 5.27. The molecule has 1 aromatic carbocycles. The Morgan fingerprint density at radius 1 is 1.44 bits per heavy atom. The van der Waals surface area contributed by atoms with Gasteiger partial charge in [0.05, 0.1) is 10.5 Å². The first-order chi connectivity index (χ1) is 8.65. The van der Waals surface area contributed by atoms with E-state index in [4.69, 9.17) is 10.3 Å². The summed E-state index contributed by atoms with van der Waals surface area (Å²) in [5.41, 5.74) is 6.63. The Morgan fingerprint density at radius 3 is 2.89 bits per heavy atom. The molecule has 1 unspecified atom stereocenters. The van der Waals surface area contributed by atoms with Crippen LogP contribution < -0.4 is 5.73 Å². The minimum Gasteiger partial charge on any atom is -0.339 e. The Morgan fingerprint density at radius 2 is 2.22 bits per heavy atom. The van der Waals surface area contributed by atoms with Gasteiger partial charge in [-0.1, -0.05) is 11.2 Å². The molecule has 0 amide bonds. The highest BCUT2D eigenvalue weighted by atomic mass is 79.9. The molecule has 94 valence electrons.